The molecule has 3 rings (SSSR count). The molecule has 2 aliphatic heterocycles. The van der Waals surface area contributed by atoms with Crippen molar-refractivity contribution in [3.8, 4) is 17.2 Å². The Bertz CT molecular complexity index is 628. The van der Waals surface area contributed by atoms with Gasteiger partial charge in [0.15, 0.2) is 21.3 Å². The predicted octanol–water partition coefficient (Wildman–Crippen LogP) is 0.948. The molecule has 1 saturated heterocycles. The summed E-state index contributed by atoms with van der Waals surface area (Å²) in [5, 5.41) is 3.31. The maximum atomic E-state index is 11.4. The molecule has 0 radical (unpaired) electrons. The molecule has 7 heteroatoms. The number of hydrogen-bond donors (Lipinski definition) is 1. The van der Waals surface area contributed by atoms with Gasteiger partial charge in [-0.1, -0.05) is 0 Å². The molecule has 2 heterocycles. The van der Waals surface area contributed by atoms with E-state index in [2.05, 4.69) is 5.32 Å². The van der Waals surface area contributed by atoms with Gasteiger partial charge < -0.3 is 19.5 Å². The van der Waals surface area contributed by atoms with E-state index in [1.165, 1.54) is 0 Å². The summed E-state index contributed by atoms with van der Waals surface area (Å²) in [6.07, 6.45) is 0.750. The first-order valence-corrected chi connectivity index (χ1v) is 8.77. The van der Waals surface area contributed by atoms with E-state index in [1.54, 1.807) is 7.11 Å². The van der Waals surface area contributed by atoms with Gasteiger partial charge in [-0.2, -0.15) is 0 Å². The number of hydrogen-bond acceptors (Lipinski definition) is 6. The second-order valence-electron chi connectivity index (χ2n) is 5.43. The van der Waals surface area contributed by atoms with Gasteiger partial charge in [-0.05, 0) is 36.6 Å². The molecule has 0 aliphatic carbocycles. The molecule has 1 aromatic rings. The smallest absolute Gasteiger partial charge is 0.231 e. The van der Waals surface area contributed by atoms with Crippen LogP contribution >= 0.6 is 0 Å². The molecule has 6 nitrogen and oxygen atoms in total. The molecule has 0 saturated carbocycles. The first kappa shape index (κ1) is 14.5. The Balaban J connectivity index is 1.59. The van der Waals surface area contributed by atoms with E-state index >= 15 is 0 Å². The molecule has 1 atom stereocenters. The van der Waals surface area contributed by atoms with E-state index in [0.717, 1.165) is 12.0 Å². The predicted molar refractivity (Wildman–Crippen MR) is 77.6 cm³/mol. The van der Waals surface area contributed by atoms with Gasteiger partial charge in [0, 0.05) is 6.54 Å². The summed E-state index contributed by atoms with van der Waals surface area (Å²) in [5.74, 6) is 2.82. The first-order valence-electron chi connectivity index (χ1n) is 6.95. The van der Waals surface area contributed by atoms with Gasteiger partial charge in [0.2, 0.25) is 12.5 Å². The lowest BCUT2D eigenvalue weighted by molar-refractivity contribution is 0.171. The maximum absolute atomic E-state index is 11.4. The van der Waals surface area contributed by atoms with Crippen molar-refractivity contribution in [3.63, 3.8) is 0 Å². The topological polar surface area (TPSA) is 73.9 Å². The first-order chi connectivity index (χ1) is 10.1. The SMILES string of the molecule is COc1cc(CNC[C@H]2CCS(=O)(=O)C2)cc2c1OCO2. The number of nitrogens with one attached hydrogen (secondary N) is 1. The van der Waals surface area contributed by atoms with Crippen LogP contribution in [0.25, 0.3) is 0 Å². The average molecular weight is 313 g/mol. The highest BCUT2D eigenvalue weighted by atomic mass is 32.2. The van der Waals surface area contributed by atoms with E-state index < -0.39 is 9.84 Å². The molecule has 0 aromatic heterocycles. The number of benzene rings is 1. The lowest BCUT2D eigenvalue weighted by Crippen LogP contribution is -2.23. The minimum absolute atomic E-state index is 0.211. The van der Waals surface area contributed by atoms with Gasteiger partial charge >= 0.3 is 0 Å². The van der Waals surface area contributed by atoms with Crippen LogP contribution in [0.4, 0.5) is 0 Å². The molecule has 0 amide bonds. The Hall–Kier alpha value is -1.47. The fourth-order valence-electron chi connectivity index (χ4n) is 2.74. The molecule has 0 bridgehead atoms. The molecule has 1 N–H and O–H groups in total. The third-order valence-electron chi connectivity index (χ3n) is 3.81. The normalized spacial score (nSPS) is 22.4. The molecule has 2 aliphatic rings. The van der Waals surface area contributed by atoms with E-state index in [1.807, 2.05) is 12.1 Å². The third-order valence-corrected chi connectivity index (χ3v) is 5.64. The summed E-state index contributed by atoms with van der Waals surface area (Å²) >= 11 is 0. The number of sulfone groups is 1. The maximum Gasteiger partial charge on any atom is 0.231 e. The summed E-state index contributed by atoms with van der Waals surface area (Å²) in [4.78, 5) is 0. The largest absolute Gasteiger partial charge is 0.493 e. The monoisotopic (exact) mass is 313 g/mol. The standard InChI is InChI=1S/C14H19NO5S/c1-18-12-4-11(5-13-14(12)20-9-19-13)7-15-6-10-2-3-21(16,17)8-10/h4-5,10,15H,2-3,6-9H2,1H3/t10-/m1/s1. The third kappa shape index (κ3) is 3.24. The van der Waals surface area contributed by atoms with Crippen molar-refractivity contribution in [2.75, 3.05) is 32.0 Å². The molecule has 1 fully saturated rings. The minimum atomic E-state index is -2.81. The van der Waals surface area contributed by atoms with Gasteiger partial charge in [-0.15, -0.1) is 0 Å². The molecule has 116 valence electrons. The van der Waals surface area contributed by atoms with E-state index in [-0.39, 0.29) is 12.7 Å². The van der Waals surface area contributed by atoms with Crippen molar-refractivity contribution in [1.82, 2.24) is 5.32 Å². The van der Waals surface area contributed by atoms with Gasteiger partial charge in [-0.3, -0.25) is 0 Å². The van der Waals surface area contributed by atoms with Crippen LogP contribution in [-0.2, 0) is 16.4 Å². The van der Waals surface area contributed by atoms with Crippen LogP contribution in [0.1, 0.15) is 12.0 Å². The van der Waals surface area contributed by atoms with Crippen LogP contribution in [0.15, 0.2) is 12.1 Å². The van der Waals surface area contributed by atoms with Crippen LogP contribution in [0, 0.1) is 5.92 Å². The highest BCUT2D eigenvalue weighted by Gasteiger charge is 2.27. The zero-order valence-corrected chi connectivity index (χ0v) is 12.7. The van der Waals surface area contributed by atoms with E-state index in [0.29, 0.717) is 41.8 Å². The quantitative estimate of drug-likeness (QED) is 0.872. The number of methoxy groups -OCH3 is 1. The molecular formula is C14H19NO5S. The van der Waals surface area contributed by atoms with Crippen molar-refractivity contribution < 1.29 is 22.6 Å². The Kier molecular flexibility index (Phi) is 3.95. The van der Waals surface area contributed by atoms with Crippen LogP contribution in [-0.4, -0.2) is 40.4 Å². The second kappa shape index (κ2) is 5.73. The molecule has 0 unspecified atom stereocenters. The highest BCUT2D eigenvalue weighted by Crippen LogP contribution is 2.41. The number of ether oxygens (including phenoxy) is 3. The Labute approximate surface area is 124 Å². The molecule has 0 spiro atoms. The highest BCUT2D eigenvalue weighted by molar-refractivity contribution is 7.91. The Morgan fingerprint density at radius 2 is 2.24 bits per heavy atom. The van der Waals surface area contributed by atoms with Crippen LogP contribution in [0.2, 0.25) is 0 Å². The van der Waals surface area contributed by atoms with E-state index in [4.69, 9.17) is 14.2 Å². The lowest BCUT2D eigenvalue weighted by atomic mass is 10.1. The van der Waals surface area contributed by atoms with Crippen molar-refractivity contribution in [3.05, 3.63) is 17.7 Å². The van der Waals surface area contributed by atoms with E-state index in [9.17, 15) is 8.42 Å². The fraction of sp³-hybridized carbons (Fsp3) is 0.571. The lowest BCUT2D eigenvalue weighted by Gasteiger charge is -2.11. The summed E-state index contributed by atoms with van der Waals surface area (Å²) in [6.45, 7) is 1.56. The summed E-state index contributed by atoms with van der Waals surface area (Å²) in [7, 11) is -1.21. The minimum Gasteiger partial charge on any atom is -0.493 e. The summed E-state index contributed by atoms with van der Waals surface area (Å²) < 4.78 is 38.8. The van der Waals surface area contributed by atoms with Crippen molar-refractivity contribution in [2.45, 2.75) is 13.0 Å². The Morgan fingerprint density at radius 3 is 2.95 bits per heavy atom. The van der Waals surface area contributed by atoms with Crippen LogP contribution in [0.5, 0.6) is 17.2 Å². The summed E-state index contributed by atoms with van der Waals surface area (Å²) in [6, 6.07) is 3.83. The van der Waals surface area contributed by atoms with Crippen molar-refractivity contribution in [1.29, 1.82) is 0 Å². The molecule has 21 heavy (non-hydrogen) atoms. The molecular weight excluding hydrogens is 294 g/mol. The fourth-order valence-corrected chi connectivity index (χ4v) is 4.60. The van der Waals surface area contributed by atoms with Crippen LogP contribution < -0.4 is 19.5 Å². The average Bonchev–Trinajstić information content (AvgIpc) is 3.04. The van der Waals surface area contributed by atoms with Gasteiger partial charge in [0.25, 0.3) is 0 Å². The van der Waals surface area contributed by atoms with Gasteiger partial charge in [0.1, 0.15) is 0 Å². The van der Waals surface area contributed by atoms with Crippen molar-refractivity contribution >= 4 is 9.84 Å². The van der Waals surface area contributed by atoms with Crippen molar-refractivity contribution in [2.24, 2.45) is 5.92 Å². The van der Waals surface area contributed by atoms with Gasteiger partial charge in [0.05, 0.1) is 18.6 Å². The summed E-state index contributed by atoms with van der Waals surface area (Å²) in [5.41, 5.74) is 1.02. The Morgan fingerprint density at radius 1 is 1.38 bits per heavy atom. The zero-order valence-electron chi connectivity index (χ0n) is 11.9. The van der Waals surface area contributed by atoms with Crippen LogP contribution in [0.3, 0.4) is 0 Å². The number of fused-ring (bicyclic) bond motifs is 1. The second-order valence-corrected chi connectivity index (χ2v) is 7.66. The zero-order chi connectivity index (χ0) is 14.9. The molecule has 1 aromatic carbocycles. The number of rotatable bonds is 5. The van der Waals surface area contributed by atoms with Gasteiger partial charge in [-0.25, -0.2) is 8.42 Å².